The molecule has 1 unspecified atom stereocenters. The largest absolute Gasteiger partial charge is 0.405 e. The van der Waals surface area contributed by atoms with Gasteiger partial charge in [-0.05, 0) is 37.8 Å². The molecular formula is C16H19ClN4O5S2. The fraction of sp³-hybridized carbons (Fsp3) is 0.562. The van der Waals surface area contributed by atoms with Crippen LogP contribution in [0.25, 0.3) is 0 Å². The van der Waals surface area contributed by atoms with Crippen molar-refractivity contribution in [3.05, 3.63) is 22.4 Å². The van der Waals surface area contributed by atoms with Gasteiger partial charge in [-0.15, -0.1) is 16.4 Å². The summed E-state index contributed by atoms with van der Waals surface area (Å²) < 4.78 is 38.2. The molecule has 0 saturated carbocycles. The van der Waals surface area contributed by atoms with Crippen LogP contribution in [-0.2, 0) is 19.6 Å². The Morgan fingerprint density at radius 3 is 2.68 bits per heavy atom. The maximum Gasteiger partial charge on any atom is 0.322 e. The molecule has 152 valence electrons. The Balaban J connectivity index is 1.33. The fourth-order valence-corrected chi connectivity index (χ4v) is 6.42. The molecule has 12 heteroatoms. The summed E-state index contributed by atoms with van der Waals surface area (Å²) in [4.78, 5) is 12.5. The van der Waals surface area contributed by atoms with E-state index in [4.69, 9.17) is 20.8 Å². The monoisotopic (exact) mass is 446 g/mol. The van der Waals surface area contributed by atoms with Gasteiger partial charge in [0, 0.05) is 25.6 Å². The quantitative estimate of drug-likeness (QED) is 0.750. The number of rotatable bonds is 5. The molecule has 2 aliphatic rings. The number of carbonyl (C=O) groups excluding carboxylic acids is 1. The van der Waals surface area contributed by atoms with Gasteiger partial charge in [-0.25, -0.2) is 8.42 Å². The van der Waals surface area contributed by atoms with Crippen molar-refractivity contribution in [3.8, 4) is 0 Å². The minimum Gasteiger partial charge on any atom is -0.405 e. The predicted molar refractivity (Wildman–Crippen MR) is 102 cm³/mol. The minimum atomic E-state index is -3.57. The van der Waals surface area contributed by atoms with E-state index in [2.05, 4.69) is 15.5 Å². The van der Waals surface area contributed by atoms with Crippen LogP contribution < -0.4 is 5.32 Å². The lowest BCUT2D eigenvalue weighted by Crippen LogP contribution is -2.41. The van der Waals surface area contributed by atoms with E-state index in [0.29, 0.717) is 29.7 Å². The number of halogens is 1. The number of amides is 1. The molecule has 4 heterocycles. The zero-order chi connectivity index (χ0) is 19.7. The topological polar surface area (TPSA) is 115 Å². The highest BCUT2D eigenvalue weighted by atomic mass is 35.5. The highest BCUT2D eigenvalue weighted by Gasteiger charge is 2.33. The van der Waals surface area contributed by atoms with Crippen LogP contribution in [0.4, 0.5) is 6.01 Å². The predicted octanol–water partition coefficient (Wildman–Crippen LogP) is 2.68. The van der Waals surface area contributed by atoms with Crippen LogP contribution in [-0.4, -0.2) is 48.5 Å². The van der Waals surface area contributed by atoms with Gasteiger partial charge >= 0.3 is 6.01 Å². The van der Waals surface area contributed by atoms with Crippen molar-refractivity contribution in [2.24, 2.45) is 5.92 Å². The minimum absolute atomic E-state index is 0.0405. The zero-order valence-electron chi connectivity index (χ0n) is 14.8. The van der Waals surface area contributed by atoms with Crippen LogP contribution in [0, 0.1) is 5.92 Å². The third-order valence-electron chi connectivity index (χ3n) is 4.84. The fourth-order valence-electron chi connectivity index (χ4n) is 3.32. The first-order valence-corrected chi connectivity index (χ1v) is 11.6. The van der Waals surface area contributed by atoms with E-state index in [1.165, 1.54) is 10.4 Å². The van der Waals surface area contributed by atoms with Crippen molar-refractivity contribution in [3.63, 3.8) is 0 Å². The van der Waals surface area contributed by atoms with E-state index in [9.17, 15) is 13.2 Å². The molecule has 9 nitrogen and oxygen atoms in total. The van der Waals surface area contributed by atoms with Gasteiger partial charge in [-0.1, -0.05) is 16.7 Å². The summed E-state index contributed by atoms with van der Waals surface area (Å²) in [5.41, 5.74) is 0. The summed E-state index contributed by atoms with van der Waals surface area (Å²) in [6.45, 7) is 1.19. The number of thiophene rings is 1. The zero-order valence-corrected chi connectivity index (χ0v) is 17.2. The van der Waals surface area contributed by atoms with Gasteiger partial charge in [0.2, 0.25) is 11.8 Å². The van der Waals surface area contributed by atoms with E-state index in [0.717, 1.165) is 24.2 Å². The van der Waals surface area contributed by atoms with Crippen molar-refractivity contribution in [2.45, 2.75) is 36.0 Å². The number of carbonyl (C=O) groups is 1. The summed E-state index contributed by atoms with van der Waals surface area (Å²) in [5, 5.41) is 10.4. The molecule has 0 spiro atoms. The Bertz CT molecular complexity index is 946. The van der Waals surface area contributed by atoms with Crippen LogP contribution in [0.1, 0.15) is 37.7 Å². The van der Waals surface area contributed by atoms with Gasteiger partial charge in [0.05, 0.1) is 4.34 Å². The Labute approximate surface area is 171 Å². The van der Waals surface area contributed by atoms with Gasteiger partial charge in [0.15, 0.2) is 0 Å². The number of hydrogen-bond donors (Lipinski definition) is 1. The van der Waals surface area contributed by atoms with Crippen LogP contribution in [0.3, 0.4) is 0 Å². The van der Waals surface area contributed by atoms with Gasteiger partial charge in [0.1, 0.15) is 10.3 Å². The summed E-state index contributed by atoms with van der Waals surface area (Å²) >= 11 is 6.87. The molecule has 0 radical (unpaired) electrons. The van der Waals surface area contributed by atoms with Gasteiger partial charge in [-0.2, -0.15) is 4.31 Å². The van der Waals surface area contributed by atoms with Crippen molar-refractivity contribution in [2.75, 3.05) is 25.0 Å². The SMILES string of the molecule is O=C(Nc1nnc(C2CCCO2)o1)C1CCN(S(=O)(=O)c2ccc(Cl)s2)CC1. The van der Waals surface area contributed by atoms with E-state index in [1.54, 1.807) is 6.07 Å². The van der Waals surface area contributed by atoms with E-state index < -0.39 is 10.0 Å². The number of sulfonamides is 1. The molecule has 28 heavy (non-hydrogen) atoms. The first kappa shape index (κ1) is 19.8. The number of aromatic nitrogens is 2. The number of ether oxygens (including phenoxy) is 1. The number of anilines is 1. The first-order valence-electron chi connectivity index (χ1n) is 8.95. The van der Waals surface area contributed by atoms with Gasteiger partial charge < -0.3 is 9.15 Å². The number of piperidine rings is 1. The van der Waals surface area contributed by atoms with Crippen LogP contribution in [0.15, 0.2) is 20.8 Å². The van der Waals surface area contributed by atoms with Crippen molar-refractivity contribution in [1.82, 2.24) is 14.5 Å². The molecule has 1 atom stereocenters. The number of nitrogens with zero attached hydrogens (tertiary/aromatic N) is 3. The maximum atomic E-state index is 12.6. The molecule has 2 aliphatic heterocycles. The molecular weight excluding hydrogens is 428 g/mol. The second-order valence-corrected chi connectivity index (χ2v) is 10.6. The lowest BCUT2D eigenvalue weighted by molar-refractivity contribution is -0.121. The van der Waals surface area contributed by atoms with Crippen LogP contribution >= 0.6 is 22.9 Å². The van der Waals surface area contributed by atoms with Crippen molar-refractivity contribution in [1.29, 1.82) is 0 Å². The molecule has 0 aromatic carbocycles. The van der Waals surface area contributed by atoms with Gasteiger partial charge in [-0.3, -0.25) is 10.1 Å². The Kier molecular flexibility index (Phi) is 5.70. The second kappa shape index (κ2) is 8.07. The molecule has 2 aromatic rings. The normalized spacial score (nSPS) is 21.8. The molecule has 4 rings (SSSR count). The standard InChI is InChI=1S/C16H19ClN4O5S2/c17-12-3-4-13(27-12)28(23,24)21-7-5-10(6-8-21)14(22)18-16-20-19-15(26-16)11-2-1-9-25-11/h3-4,10-11H,1-2,5-9H2,(H,18,20,22). The number of hydrogen-bond acceptors (Lipinski definition) is 8. The highest BCUT2D eigenvalue weighted by Crippen LogP contribution is 2.31. The maximum absolute atomic E-state index is 12.6. The summed E-state index contributed by atoms with van der Waals surface area (Å²) in [5.74, 6) is -0.210. The van der Waals surface area contributed by atoms with E-state index >= 15 is 0 Å². The molecule has 1 N–H and O–H groups in total. The Morgan fingerprint density at radius 1 is 1.25 bits per heavy atom. The number of nitrogens with one attached hydrogen (secondary N) is 1. The summed E-state index contributed by atoms with van der Waals surface area (Å²) in [7, 11) is -3.57. The molecule has 0 aliphatic carbocycles. The Morgan fingerprint density at radius 2 is 2.04 bits per heavy atom. The summed E-state index contributed by atoms with van der Waals surface area (Å²) in [6.07, 6.45) is 2.37. The molecule has 1 amide bonds. The molecule has 0 bridgehead atoms. The summed E-state index contributed by atoms with van der Waals surface area (Å²) in [6, 6.07) is 3.11. The lowest BCUT2D eigenvalue weighted by atomic mass is 9.97. The van der Waals surface area contributed by atoms with Crippen molar-refractivity contribution < 1.29 is 22.4 Å². The Hall–Kier alpha value is -1.53. The lowest BCUT2D eigenvalue weighted by Gasteiger charge is -2.29. The van der Waals surface area contributed by atoms with E-state index in [-0.39, 0.29) is 41.2 Å². The smallest absolute Gasteiger partial charge is 0.322 e. The second-order valence-electron chi connectivity index (χ2n) is 6.67. The van der Waals surface area contributed by atoms with Crippen LogP contribution in [0.2, 0.25) is 4.34 Å². The third kappa shape index (κ3) is 4.08. The van der Waals surface area contributed by atoms with Crippen molar-refractivity contribution >= 4 is 44.9 Å². The van der Waals surface area contributed by atoms with Crippen LogP contribution in [0.5, 0.6) is 0 Å². The van der Waals surface area contributed by atoms with E-state index in [1.807, 2.05) is 0 Å². The van der Waals surface area contributed by atoms with Gasteiger partial charge in [0.25, 0.3) is 10.0 Å². The first-order chi connectivity index (χ1) is 13.4. The highest BCUT2D eigenvalue weighted by molar-refractivity contribution is 7.91. The molecule has 2 fully saturated rings. The molecule has 2 aromatic heterocycles. The molecule has 2 saturated heterocycles. The average Bonchev–Trinajstić information content (AvgIpc) is 3.43. The third-order valence-corrected chi connectivity index (χ3v) is 8.44. The average molecular weight is 447 g/mol.